The van der Waals surface area contributed by atoms with Crippen LogP contribution in [0.2, 0.25) is 0 Å². The minimum absolute atomic E-state index is 0.161. The Morgan fingerprint density at radius 1 is 1.00 bits per heavy atom. The van der Waals surface area contributed by atoms with Gasteiger partial charge in [0.2, 0.25) is 0 Å². The Morgan fingerprint density at radius 3 is 2.16 bits per heavy atom. The zero-order valence-electron chi connectivity index (χ0n) is 11.2. The molecule has 2 unspecified atom stereocenters. The molecule has 112 valence electrons. The van der Waals surface area contributed by atoms with E-state index in [1.54, 1.807) is 0 Å². The highest BCUT2D eigenvalue weighted by Crippen LogP contribution is 2.28. The summed E-state index contributed by atoms with van der Waals surface area (Å²) in [7, 11) is 0. The topological polar surface area (TPSA) is 26.7 Å². The van der Waals surface area contributed by atoms with Gasteiger partial charge < -0.3 is 10.0 Å². The zero-order chi connectivity index (χ0) is 13.9. The van der Waals surface area contributed by atoms with Gasteiger partial charge in [0, 0.05) is 26.2 Å². The van der Waals surface area contributed by atoms with E-state index in [4.69, 9.17) is 0 Å². The van der Waals surface area contributed by atoms with Gasteiger partial charge in [0.15, 0.2) is 0 Å². The fourth-order valence-electron chi connectivity index (χ4n) is 3.13. The molecule has 2 rings (SSSR count). The summed E-state index contributed by atoms with van der Waals surface area (Å²) in [6.07, 6.45) is -0.174. The average molecular weight is 280 g/mol. The SMILES string of the molecule is OC1CCCC1CCN1CCN(CC(F)(F)F)CC1. The van der Waals surface area contributed by atoms with Crippen molar-refractivity contribution in [2.24, 2.45) is 5.92 Å². The van der Waals surface area contributed by atoms with E-state index in [-0.39, 0.29) is 6.10 Å². The summed E-state index contributed by atoms with van der Waals surface area (Å²) in [6, 6.07) is 0. The van der Waals surface area contributed by atoms with Crippen LogP contribution < -0.4 is 0 Å². The number of hydrogen-bond acceptors (Lipinski definition) is 3. The van der Waals surface area contributed by atoms with Gasteiger partial charge in [-0.05, 0) is 31.7 Å². The first kappa shape index (κ1) is 15.1. The molecule has 0 aromatic rings. The fraction of sp³-hybridized carbons (Fsp3) is 1.00. The van der Waals surface area contributed by atoms with E-state index in [0.717, 1.165) is 32.2 Å². The van der Waals surface area contributed by atoms with Crippen molar-refractivity contribution in [1.29, 1.82) is 0 Å². The summed E-state index contributed by atoms with van der Waals surface area (Å²) in [6.45, 7) is 2.51. The summed E-state index contributed by atoms with van der Waals surface area (Å²) in [5.41, 5.74) is 0. The van der Waals surface area contributed by atoms with Crippen LogP contribution in [0.4, 0.5) is 13.2 Å². The summed E-state index contributed by atoms with van der Waals surface area (Å²) < 4.78 is 36.7. The number of hydrogen-bond donors (Lipinski definition) is 1. The lowest BCUT2D eigenvalue weighted by atomic mass is 10.0. The normalized spacial score (nSPS) is 30.9. The molecular formula is C13H23F3N2O. The van der Waals surface area contributed by atoms with E-state index in [0.29, 0.717) is 32.1 Å². The van der Waals surface area contributed by atoms with Crippen LogP contribution in [-0.2, 0) is 0 Å². The van der Waals surface area contributed by atoms with Gasteiger partial charge in [0.25, 0.3) is 0 Å². The Kier molecular flexibility index (Phi) is 5.09. The Labute approximate surface area is 112 Å². The van der Waals surface area contributed by atoms with Crippen LogP contribution in [0.25, 0.3) is 0 Å². The van der Waals surface area contributed by atoms with Crippen molar-refractivity contribution in [3.8, 4) is 0 Å². The van der Waals surface area contributed by atoms with Crippen molar-refractivity contribution in [3.05, 3.63) is 0 Å². The molecule has 2 aliphatic rings. The van der Waals surface area contributed by atoms with Crippen molar-refractivity contribution in [2.75, 3.05) is 39.3 Å². The van der Waals surface area contributed by atoms with E-state index in [9.17, 15) is 18.3 Å². The Hall–Kier alpha value is -0.330. The van der Waals surface area contributed by atoms with Crippen LogP contribution in [0.15, 0.2) is 0 Å². The molecule has 3 nitrogen and oxygen atoms in total. The van der Waals surface area contributed by atoms with E-state index >= 15 is 0 Å². The number of piperazine rings is 1. The molecule has 1 aliphatic carbocycles. The quantitative estimate of drug-likeness (QED) is 0.849. The van der Waals surface area contributed by atoms with Gasteiger partial charge in [-0.1, -0.05) is 6.42 Å². The van der Waals surface area contributed by atoms with Crippen LogP contribution in [0.1, 0.15) is 25.7 Å². The minimum atomic E-state index is -4.09. The van der Waals surface area contributed by atoms with Crippen molar-refractivity contribution >= 4 is 0 Å². The Balaban J connectivity index is 1.63. The first-order valence-electron chi connectivity index (χ1n) is 7.13. The van der Waals surface area contributed by atoms with Gasteiger partial charge in [-0.15, -0.1) is 0 Å². The largest absolute Gasteiger partial charge is 0.401 e. The summed E-state index contributed by atoms with van der Waals surface area (Å²) in [5, 5.41) is 9.74. The molecule has 19 heavy (non-hydrogen) atoms. The second kappa shape index (κ2) is 6.41. The van der Waals surface area contributed by atoms with Gasteiger partial charge in [0.1, 0.15) is 0 Å². The number of nitrogens with zero attached hydrogens (tertiary/aromatic N) is 2. The molecule has 1 saturated carbocycles. The summed E-state index contributed by atoms with van der Waals surface area (Å²) in [5.74, 6) is 0.396. The molecule has 0 aromatic heterocycles. The first-order chi connectivity index (χ1) is 8.94. The number of alkyl halides is 3. The average Bonchev–Trinajstić information content (AvgIpc) is 2.72. The molecule has 1 heterocycles. The molecule has 0 aromatic carbocycles. The molecule has 1 N–H and O–H groups in total. The molecule has 6 heteroatoms. The summed E-state index contributed by atoms with van der Waals surface area (Å²) in [4.78, 5) is 3.69. The van der Waals surface area contributed by atoms with Gasteiger partial charge in [-0.2, -0.15) is 13.2 Å². The first-order valence-corrected chi connectivity index (χ1v) is 7.13. The van der Waals surface area contributed by atoms with Crippen molar-refractivity contribution in [3.63, 3.8) is 0 Å². The predicted molar refractivity (Wildman–Crippen MR) is 66.9 cm³/mol. The molecule has 2 atom stereocenters. The predicted octanol–water partition coefficient (Wildman–Crippen LogP) is 1.72. The van der Waals surface area contributed by atoms with Crippen LogP contribution in [0.5, 0.6) is 0 Å². The maximum atomic E-state index is 12.2. The third kappa shape index (κ3) is 4.93. The molecule has 1 saturated heterocycles. The van der Waals surface area contributed by atoms with Crippen LogP contribution in [0, 0.1) is 5.92 Å². The highest BCUT2D eigenvalue weighted by atomic mass is 19.4. The molecule has 0 radical (unpaired) electrons. The van der Waals surface area contributed by atoms with Crippen molar-refractivity contribution in [1.82, 2.24) is 9.80 Å². The van der Waals surface area contributed by atoms with Gasteiger partial charge in [0.05, 0.1) is 12.6 Å². The second-order valence-corrected chi connectivity index (χ2v) is 5.78. The Morgan fingerprint density at radius 2 is 1.63 bits per heavy atom. The fourth-order valence-corrected chi connectivity index (χ4v) is 3.13. The highest BCUT2D eigenvalue weighted by molar-refractivity contribution is 4.79. The lowest BCUT2D eigenvalue weighted by Gasteiger charge is -2.35. The maximum Gasteiger partial charge on any atom is 0.401 e. The smallest absolute Gasteiger partial charge is 0.393 e. The van der Waals surface area contributed by atoms with Crippen LogP contribution in [0.3, 0.4) is 0 Å². The standard InChI is InChI=1S/C13H23F3N2O/c14-13(15,16)10-18-8-6-17(7-9-18)5-4-11-2-1-3-12(11)19/h11-12,19H,1-10H2. The number of aliphatic hydroxyl groups excluding tert-OH is 1. The molecule has 1 aliphatic heterocycles. The van der Waals surface area contributed by atoms with Crippen molar-refractivity contribution in [2.45, 2.75) is 38.0 Å². The molecule has 0 amide bonds. The molecule has 0 spiro atoms. The lowest BCUT2D eigenvalue weighted by Crippen LogP contribution is -2.49. The number of rotatable bonds is 4. The molecular weight excluding hydrogens is 257 g/mol. The van der Waals surface area contributed by atoms with E-state index in [2.05, 4.69) is 4.90 Å². The van der Waals surface area contributed by atoms with Gasteiger partial charge in [-0.3, -0.25) is 4.90 Å². The van der Waals surface area contributed by atoms with Crippen molar-refractivity contribution < 1.29 is 18.3 Å². The third-order valence-electron chi connectivity index (χ3n) is 4.30. The number of aliphatic hydroxyl groups is 1. The minimum Gasteiger partial charge on any atom is -0.393 e. The van der Waals surface area contributed by atoms with Crippen LogP contribution >= 0.6 is 0 Å². The van der Waals surface area contributed by atoms with E-state index in [1.165, 1.54) is 4.90 Å². The van der Waals surface area contributed by atoms with Gasteiger partial charge >= 0.3 is 6.18 Å². The zero-order valence-corrected chi connectivity index (χ0v) is 11.2. The third-order valence-corrected chi connectivity index (χ3v) is 4.30. The second-order valence-electron chi connectivity index (χ2n) is 5.78. The summed E-state index contributed by atoms with van der Waals surface area (Å²) >= 11 is 0. The van der Waals surface area contributed by atoms with E-state index < -0.39 is 12.7 Å². The highest BCUT2D eigenvalue weighted by Gasteiger charge is 2.32. The Bertz CT molecular complexity index is 278. The molecule has 2 fully saturated rings. The molecule has 0 bridgehead atoms. The lowest BCUT2D eigenvalue weighted by molar-refractivity contribution is -0.149. The number of halogens is 3. The van der Waals surface area contributed by atoms with Gasteiger partial charge in [-0.25, -0.2) is 0 Å². The monoisotopic (exact) mass is 280 g/mol. The maximum absolute atomic E-state index is 12.2. The van der Waals surface area contributed by atoms with E-state index in [1.807, 2.05) is 0 Å². The van der Waals surface area contributed by atoms with Crippen LogP contribution in [-0.4, -0.2) is 66.5 Å².